The van der Waals surface area contributed by atoms with E-state index in [-0.39, 0.29) is 33.8 Å². The van der Waals surface area contributed by atoms with E-state index in [1.807, 2.05) is 37.3 Å². The van der Waals surface area contributed by atoms with Crippen LogP contribution in [0.15, 0.2) is 54.6 Å². The fourth-order valence-corrected chi connectivity index (χ4v) is 4.83. The first-order valence-corrected chi connectivity index (χ1v) is 12.7. The van der Waals surface area contributed by atoms with Crippen molar-refractivity contribution in [2.75, 3.05) is 25.5 Å². The van der Waals surface area contributed by atoms with E-state index < -0.39 is 5.91 Å². The summed E-state index contributed by atoms with van der Waals surface area (Å²) < 4.78 is 5.11. The van der Waals surface area contributed by atoms with Crippen molar-refractivity contribution in [3.05, 3.63) is 70.2 Å². The molecule has 1 aromatic heterocycles. The maximum atomic E-state index is 12.9. The number of nitrogens with one attached hydrogen (secondary N) is 2. The van der Waals surface area contributed by atoms with Crippen LogP contribution in [0.4, 0.5) is 5.69 Å². The van der Waals surface area contributed by atoms with Gasteiger partial charge in [-0.1, -0.05) is 41.7 Å². The predicted octanol–water partition coefficient (Wildman–Crippen LogP) is 3.92. The molecule has 0 spiro atoms. The molecule has 2 N–H and O–H groups in total. The maximum absolute atomic E-state index is 12.9. The first-order valence-electron chi connectivity index (χ1n) is 11.9. The zero-order valence-corrected chi connectivity index (χ0v) is 21.1. The van der Waals surface area contributed by atoms with E-state index in [1.54, 1.807) is 36.3 Å². The van der Waals surface area contributed by atoms with E-state index >= 15 is 0 Å². The molecule has 188 valence electrons. The second-order valence-electron chi connectivity index (χ2n) is 8.73. The number of carbonyl (C=O) groups is 3. The number of likely N-dealkylation sites (tertiary alicyclic amines) is 1. The van der Waals surface area contributed by atoms with Crippen molar-refractivity contribution in [2.45, 2.75) is 32.2 Å². The third-order valence-electron chi connectivity index (χ3n) is 6.20. The van der Waals surface area contributed by atoms with Gasteiger partial charge in [-0.2, -0.15) is 0 Å². The number of methoxy groups -OCH3 is 1. The van der Waals surface area contributed by atoms with Gasteiger partial charge in [0.05, 0.1) is 13.2 Å². The summed E-state index contributed by atoms with van der Waals surface area (Å²) in [5.74, 6) is 0.260. The van der Waals surface area contributed by atoms with Crippen molar-refractivity contribution >= 4 is 34.7 Å². The third kappa shape index (κ3) is 6.45. The highest BCUT2D eigenvalue weighted by atomic mass is 32.1. The first kappa shape index (κ1) is 25.3. The molecule has 1 atom stereocenters. The van der Waals surface area contributed by atoms with Crippen LogP contribution in [0.2, 0.25) is 0 Å². The Morgan fingerprint density at radius 3 is 2.36 bits per heavy atom. The van der Waals surface area contributed by atoms with E-state index in [4.69, 9.17) is 4.74 Å². The molecule has 2 heterocycles. The van der Waals surface area contributed by atoms with Gasteiger partial charge >= 0.3 is 0 Å². The minimum atomic E-state index is -0.425. The molecular weight excluding hydrogens is 478 g/mol. The van der Waals surface area contributed by atoms with Crippen LogP contribution in [0, 0.1) is 5.92 Å². The molecule has 0 bridgehead atoms. The van der Waals surface area contributed by atoms with Crippen LogP contribution >= 0.6 is 11.3 Å². The van der Waals surface area contributed by atoms with Crippen LogP contribution in [-0.2, 0) is 4.79 Å². The number of anilines is 1. The Kier molecular flexibility index (Phi) is 8.27. The lowest BCUT2D eigenvalue weighted by atomic mass is 9.93. The summed E-state index contributed by atoms with van der Waals surface area (Å²) in [6.07, 6.45) is 1.92. The Bertz CT molecular complexity index is 1190. The molecule has 1 saturated heterocycles. The van der Waals surface area contributed by atoms with Crippen molar-refractivity contribution in [3.63, 3.8) is 0 Å². The molecule has 1 fully saturated rings. The number of ether oxygens (including phenoxy) is 1. The fourth-order valence-electron chi connectivity index (χ4n) is 4.12. The van der Waals surface area contributed by atoms with Gasteiger partial charge in [-0.25, -0.2) is 0 Å². The van der Waals surface area contributed by atoms with E-state index in [9.17, 15) is 14.4 Å². The van der Waals surface area contributed by atoms with Crippen molar-refractivity contribution in [2.24, 2.45) is 5.92 Å². The van der Waals surface area contributed by atoms with Crippen molar-refractivity contribution < 1.29 is 19.1 Å². The molecule has 2 aromatic carbocycles. The van der Waals surface area contributed by atoms with E-state index in [2.05, 4.69) is 20.8 Å². The number of piperidine rings is 1. The molecular formula is C26H29N5O4S. The SMILES string of the molecule is COc1ccc(NC(=O)c2nnc(C(=O)N3CCC(CC(=O)N[C@H](C)c4ccccc4)CC3)s2)cc1. The standard InChI is InChI=1S/C26H29N5O4S/c1-17(19-6-4-3-5-7-19)27-22(32)16-18-12-14-31(15-13-18)26(34)25-30-29-24(36-25)23(33)28-20-8-10-21(35-2)11-9-20/h3-11,17-18H,12-16H2,1-2H3,(H,27,32)(H,28,33)/t17-/m1/s1. The van der Waals surface area contributed by atoms with Gasteiger partial charge in [-0.15, -0.1) is 10.2 Å². The van der Waals surface area contributed by atoms with Crippen LogP contribution in [0.1, 0.15) is 57.4 Å². The molecule has 1 aliphatic heterocycles. The lowest BCUT2D eigenvalue weighted by Gasteiger charge is -2.31. The molecule has 4 rings (SSSR count). The molecule has 0 saturated carbocycles. The van der Waals surface area contributed by atoms with E-state index in [0.29, 0.717) is 30.9 Å². The smallest absolute Gasteiger partial charge is 0.286 e. The highest BCUT2D eigenvalue weighted by molar-refractivity contribution is 7.15. The van der Waals surface area contributed by atoms with Gasteiger partial charge in [0, 0.05) is 25.2 Å². The molecule has 1 aliphatic rings. The second kappa shape index (κ2) is 11.8. The summed E-state index contributed by atoms with van der Waals surface area (Å²) in [5, 5.41) is 13.9. The van der Waals surface area contributed by atoms with Crippen LogP contribution in [-0.4, -0.2) is 53.0 Å². The van der Waals surface area contributed by atoms with Gasteiger partial charge < -0.3 is 20.3 Å². The van der Waals surface area contributed by atoms with Gasteiger partial charge in [0.15, 0.2) is 0 Å². The third-order valence-corrected chi connectivity index (χ3v) is 7.11. The zero-order valence-electron chi connectivity index (χ0n) is 20.3. The topological polar surface area (TPSA) is 114 Å². The van der Waals surface area contributed by atoms with Gasteiger partial charge in [-0.05, 0) is 55.5 Å². The Morgan fingerprint density at radius 1 is 1.03 bits per heavy atom. The normalized spacial score (nSPS) is 14.7. The van der Waals surface area contributed by atoms with Gasteiger partial charge in [0.1, 0.15) is 5.75 Å². The average Bonchev–Trinajstić information content (AvgIpc) is 3.40. The molecule has 3 aromatic rings. The molecule has 9 nitrogen and oxygen atoms in total. The second-order valence-corrected chi connectivity index (χ2v) is 9.71. The molecule has 0 radical (unpaired) electrons. The zero-order chi connectivity index (χ0) is 25.5. The molecule has 3 amide bonds. The van der Waals surface area contributed by atoms with Crippen LogP contribution < -0.4 is 15.4 Å². The highest BCUT2D eigenvalue weighted by Gasteiger charge is 2.28. The molecule has 0 aliphatic carbocycles. The highest BCUT2D eigenvalue weighted by Crippen LogP contribution is 2.24. The Hall–Kier alpha value is -3.79. The molecule has 0 unspecified atom stereocenters. The number of hydrogen-bond acceptors (Lipinski definition) is 7. The Labute approximate surface area is 213 Å². The van der Waals surface area contributed by atoms with Crippen LogP contribution in [0.3, 0.4) is 0 Å². The summed E-state index contributed by atoms with van der Waals surface area (Å²) in [7, 11) is 1.57. The number of benzene rings is 2. The van der Waals surface area contributed by atoms with Crippen molar-refractivity contribution in [1.82, 2.24) is 20.4 Å². The monoisotopic (exact) mass is 507 g/mol. The van der Waals surface area contributed by atoms with Crippen LogP contribution in [0.25, 0.3) is 0 Å². The van der Waals surface area contributed by atoms with E-state index in [0.717, 1.165) is 29.7 Å². The van der Waals surface area contributed by atoms with Gasteiger partial charge in [0.25, 0.3) is 11.8 Å². The van der Waals surface area contributed by atoms with Crippen molar-refractivity contribution in [3.8, 4) is 5.75 Å². The fraction of sp³-hybridized carbons (Fsp3) is 0.346. The maximum Gasteiger partial charge on any atom is 0.286 e. The summed E-state index contributed by atoms with van der Waals surface area (Å²) in [6, 6.07) is 16.7. The van der Waals surface area contributed by atoms with Crippen LogP contribution in [0.5, 0.6) is 5.75 Å². The summed E-state index contributed by atoms with van der Waals surface area (Å²) >= 11 is 0.972. The minimum absolute atomic E-state index is 0.0211. The predicted molar refractivity (Wildman–Crippen MR) is 137 cm³/mol. The number of amides is 3. The summed E-state index contributed by atoms with van der Waals surface area (Å²) in [6.45, 7) is 3.05. The first-order chi connectivity index (χ1) is 17.4. The lowest BCUT2D eigenvalue weighted by molar-refractivity contribution is -0.122. The van der Waals surface area contributed by atoms with Crippen molar-refractivity contribution in [1.29, 1.82) is 0 Å². The largest absolute Gasteiger partial charge is 0.497 e. The Morgan fingerprint density at radius 2 is 1.69 bits per heavy atom. The minimum Gasteiger partial charge on any atom is -0.497 e. The molecule has 10 heteroatoms. The number of aromatic nitrogens is 2. The van der Waals surface area contributed by atoms with E-state index in [1.165, 1.54) is 0 Å². The quantitative estimate of drug-likeness (QED) is 0.478. The van der Waals surface area contributed by atoms with Gasteiger partial charge in [0.2, 0.25) is 15.9 Å². The average molecular weight is 508 g/mol. The Balaban J connectivity index is 1.24. The van der Waals surface area contributed by atoms with Gasteiger partial charge in [-0.3, -0.25) is 14.4 Å². The summed E-state index contributed by atoms with van der Waals surface area (Å²) in [4.78, 5) is 39.6. The lowest BCUT2D eigenvalue weighted by Crippen LogP contribution is -2.39. The number of hydrogen-bond donors (Lipinski definition) is 2. The molecule has 36 heavy (non-hydrogen) atoms. The summed E-state index contributed by atoms with van der Waals surface area (Å²) in [5.41, 5.74) is 1.66. The number of carbonyl (C=O) groups excluding carboxylic acids is 3. The number of nitrogens with zero attached hydrogens (tertiary/aromatic N) is 3. The number of rotatable bonds is 8.